The highest BCUT2D eigenvalue weighted by molar-refractivity contribution is 7.13. The second-order valence-corrected chi connectivity index (χ2v) is 8.60. The minimum absolute atomic E-state index is 0.0714. The molecule has 1 aliphatic carbocycles. The van der Waals surface area contributed by atoms with Gasteiger partial charge in [0, 0.05) is 29.7 Å². The summed E-state index contributed by atoms with van der Waals surface area (Å²) in [5.41, 5.74) is 2.71. The highest BCUT2D eigenvalue weighted by Crippen LogP contribution is 2.47. The first-order valence-electron chi connectivity index (χ1n) is 9.81. The summed E-state index contributed by atoms with van der Waals surface area (Å²) in [7, 11) is 0. The van der Waals surface area contributed by atoms with Crippen molar-refractivity contribution >= 4 is 17.2 Å². The van der Waals surface area contributed by atoms with Gasteiger partial charge in [0.25, 0.3) is 5.91 Å². The number of carbonyl (C=O) groups excluding carboxylic acids is 1. The van der Waals surface area contributed by atoms with Crippen LogP contribution in [0.2, 0.25) is 0 Å². The third-order valence-corrected chi connectivity index (χ3v) is 7.02. The van der Waals surface area contributed by atoms with Crippen molar-refractivity contribution in [3.05, 3.63) is 53.8 Å². The average molecular weight is 394 g/mol. The highest BCUT2D eigenvalue weighted by Gasteiger charge is 2.46. The van der Waals surface area contributed by atoms with Crippen LogP contribution >= 0.6 is 11.3 Å². The van der Waals surface area contributed by atoms with E-state index < -0.39 is 0 Å². The molecular formula is C21H23N5OS. The van der Waals surface area contributed by atoms with E-state index in [1.807, 2.05) is 46.6 Å². The second kappa shape index (κ2) is 7.14. The van der Waals surface area contributed by atoms with Crippen LogP contribution in [0.15, 0.2) is 48.1 Å². The fourth-order valence-corrected chi connectivity index (χ4v) is 5.08. The normalized spacial score (nSPS) is 20.6. The first-order chi connectivity index (χ1) is 13.7. The lowest BCUT2D eigenvalue weighted by Crippen LogP contribution is -2.60. The monoisotopic (exact) mass is 393 g/mol. The van der Waals surface area contributed by atoms with Gasteiger partial charge in [0.15, 0.2) is 0 Å². The predicted molar refractivity (Wildman–Crippen MR) is 110 cm³/mol. The molecule has 2 aromatic heterocycles. The SMILES string of the molecule is O=C(NC1CNCCC12CCC2)c1csc(-c2cnn(-c3ccccc3)c2)n1. The molecule has 5 rings (SSSR count). The third-order valence-electron chi connectivity index (χ3n) is 6.13. The van der Waals surface area contributed by atoms with E-state index in [4.69, 9.17) is 0 Å². The number of benzene rings is 1. The van der Waals surface area contributed by atoms with Gasteiger partial charge in [-0.3, -0.25) is 4.79 Å². The minimum atomic E-state index is -0.0714. The van der Waals surface area contributed by atoms with E-state index in [9.17, 15) is 4.79 Å². The van der Waals surface area contributed by atoms with Gasteiger partial charge in [-0.1, -0.05) is 24.6 Å². The quantitative estimate of drug-likeness (QED) is 0.714. The molecule has 1 unspecified atom stereocenters. The lowest BCUT2D eigenvalue weighted by Gasteiger charge is -2.51. The van der Waals surface area contributed by atoms with E-state index in [0.717, 1.165) is 35.8 Å². The number of nitrogens with zero attached hydrogens (tertiary/aromatic N) is 3. The van der Waals surface area contributed by atoms with E-state index in [2.05, 4.69) is 20.7 Å². The molecule has 1 aliphatic heterocycles. The zero-order valence-corrected chi connectivity index (χ0v) is 16.4. The standard InChI is InChI=1S/C21H23N5OS/c27-19(25-18-12-22-10-9-21(18)7-4-8-21)17-14-28-20(24-17)15-11-23-26(13-15)16-5-2-1-3-6-16/h1-3,5-6,11,13-14,18,22H,4,7-10,12H2,(H,25,27). The maximum atomic E-state index is 12.8. The van der Waals surface area contributed by atoms with Crippen LogP contribution in [0, 0.1) is 5.41 Å². The number of thiazole rings is 1. The van der Waals surface area contributed by atoms with Gasteiger partial charge in [0.05, 0.1) is 11.9 Å². The molecule has 1 amide bonds. The van der Waals surface area contributed by atoms with Crippen LogP contribution in [0.3, 0.4) is 0 Å². The molecule has 1 aromatic carbocycles. The number of aromatic nitrogens is 3. The molecule has 2 N–H and O–H groups in total. The van der Waals surface area contributed by atoms with Crippen molar-refractivity contribution in [2.45, 2.75) is 31.7 Å². The third kappa shape index (κ3) is 3.14. The molecule has 2 aliphatic rings. The second-order valence-electron chi connectivity index (χ2n) is 7.74. The van der Waals surface area contributed by atoms with Crippen LogP contribution < -0.4 is 10.6 Å². The number of carbonyl (C=O) groups is 1. The van der Waals surface area contributed by atoms with Gasteiger partial charge < -0.3 is 10.6 Å². The molecule has 1 atom stereocenters. The Hall–Kier alpha value is -2.51. The van der Waals surface area contributed by atoms with E-state index in [-0.39, 0.29) is 11.9 Å². The molecule has 3 heterocycles. The molecule has 1 saturated carbocycles. The number of hydrogen-bond acceptors (Lipinski definition) is 5. The molecular weight excluding hydrogens is 370 g/mol. The summed E-state index contributed by atoms with van der Waals surface area (Å²) in [6.07, 6.45) is 8.62. The number of nitrogens with one attached hydrogen (secondary N) is 2. The molecule has 28 heavy (non-hydrogen) atoms. The lowest BCUT2D eigenvalue weighted by molar-refractivity contribution is 0.0389. The summed E-state index contributed by atoms with van der Waals surface area (Å²) in [5, 5.41) is 13.7. The number of amides is 1. The van der Waals surface area contributed by atoms with Crippen molar-refractivity contribution in [2.75, 3.05) is 13.1 Å². The smallest absolute Gasteiger partial charge is 0.271 e. The van der Waals surface area contributed by atoms with Crippen LogP contribution in [0.25, 0.3) is 16.3 Å². The Bertz CT molecular complexity index is 976. The van der Waals surface area contributed by atoms with Crippen molar-refractivity contribution in [1.29, 1.82) is 0 Å². The Kier molecular flexibility index (Phi) is 4.49. The number of hydrogen-bond donors (Lipinski definition) is 2. The Morgan fingerprint density at radius 1 is 1.25 bits per heavy atom. The zero-order valence-electron chi connectivity index (χ0n) is 15.6. The van der Waals surface area contributed by atoms with Crippen LogP contribution in [-0.4, -0.2) is 39.8 Å². The maximum absolute atomic E-state index is 12.8. The molecule has 7 heteroatoms. The Morgan fingerprint density at radius 2 is 2.11 bits per heavy atom. The van der Waals surface area contributed by atoms with Gasteiger partial charge in [0.1, 0.15) is 10.7 Å². The van der Waals surface area contributed by atoms with Crippen molar-refractivity contribution in [3.8, 4) is 16.3 Å². The van der Waals surface area contributed by atoms with E-state index in [1.165, 1.54) is 30.6 Å². The summed E-state index contributed by atoms with van der Waals surface area (Å²) in [6, 6.07) is 10.2. The first-order valence-corrected chi connectivity index (χ1v) is 10.7. The topological polar surface area (TPSA) is 71.8 Å². The zero-order chi connectivity index (χ0) is 19.0. The highest BCUT2D eigenvalue weighted by atomic mass is 32.1. The first kappa shape index (κ1) is 17.6. The summed E-state index contributed by atoms with van der Waals surface area (Å²) in [4.78, 5) is 17.4. The minimum Gasteiger partial charge on any atom is -0.346 e. The molecule has 2 fully saturated rings. The molecule has 6 nitrogen and oxygen atoms in total. The van der Waals surface area contributed by atoms with Crippen LogP contribution in [0.5, 0.6) is 0 Å². The Morgan fingerprint density at radius 3 is 2.89 bits per heavy atom. The maximum Gasteiger partial charge on any atom is 0.271 e. The van der Waals surface area contributed by atoms with Gasteiger partial charge in [-0.2, -0.15) is 5.10 Å². The fraction of sp³-hybridized carbons (Fsp3) is 0.381. The molecule has 1 spiro atoms. The molecule has 144 valence electrons. The average Bonchev–Trinajstić information content (AvgIpc) is 3.37. The molecule has 1 saturated heterocycles. The Labute approximate surface area is 168 Å². The van der Waals surface area contributed by atoms with E-state index in [0.29, 0.717) is 11.1 Å². The number of para-hydroxylation sites is 1. The summed E-state index contributed by atoms with van der Waals surface area (Å²) in [5.74, 6) is -0.0714. The largest absolute Gasteiger partial charge is 0.346 e. The summed E-state index contributed by atoms with van der Waals surface area (Å²) < 4.78 is 1.82. The van der Waals surface area contributed by atoms with Gasteiger partial charge in [-0.15, -0.1) is 11.3 Å². The van der Waals surface area contributed by atoms with Crippen molar-refractivity contribution < 1.29 is 4.79 Å². The van der Waals surface area contributed by atoms with Gasteiger partial charge in [-0.05, 0) is 43.4 Å². The van der Waals surface area contributed by atoms with E-state index in [1.54, 1.807) is 6.20 Å². The van der Waals surface area contributed by atoms with Crippen molar-refractivity contribution in [2.24, 2.45) is 5.41 Å². The van der Waals surface area contributed by atoms with Crippen molar-refractivity contribution in [1.82, 2.24) is 25.4 Å². The molecule has 0 bridgehead atoms. The molecule has 3 aromatic rings. The van der Waals surface area contributed by atoms with Crippen molar-refractivity contribution in [3.63, 3.8) is 0 Å². The molecule has 0 radical (unpaired) electrons. The fourth-order valence-electron chi connectivity index (χ4n) is 4.31. The predicted octanol–water partition coefficient (Wildman–Crippen LogP) is 3.26. The van der Waals surface area contributed by atoms with Crippen LogP contribution in [-0.2, 0) is 0 Å². The van der Waals surface area contributed by atoms with E-state index >= 15 is 0 Å². The lowest BCUT2D eigenvalue weighted by atomic mass is 9.61. The van der Waals surface area contributed by atoms with Crippen LogP contribution in [0.1, 0.15) is 36.2 Å². The number of piperidine rings is 1. The van der Waals surface area contributed by atoms with Gasteiger partial charge >= 0.3 is 0 Å². The summed E-state index contributed by atoms with van der Waals surface area (Å²) in [6.45, 7) is 1.91. The number of rotatable bonds is 4. The van der Waals surface area contributed by atoms with Gasteiger partial charge in [0.2, 0.25) is 0 Å². The summed E-state index contributed by atoms with van der Waals surface area (Å²) >= 11 is 1.48. The van der Waals surface area contributed by atoms with Gasteiger partial charge in [-0.25, -0.2) is 9.67 Å². The Balaban J connectivity index is 1.31. The van der Waals surface area contributed by atoms with Crippen LogP contribution in [0.4, 0.5) is 0 Å².